The quantitative estimate of drug-likeness (QED) is 0.241. The molecule has 0 aliphatic carbocycles. The molecular weight excluding hydrogens is 272 g/mol. The zero-order chi connectivity index (χ0) is 16.1. The van der Waals surface area contributed by atoms with Gasteiger partial charge in [-0.15, -0.1) is 0 Å². The Balaban J connectivity index is 3.79. The summed E-state index contributed by atoms with van der Waals surface area (Å²) >= 11 is 0. The Labute approximate surface area is 136 Å². The Morgan fingerprint density at radius 3 is 1.71 bits per heavy atom. The Hall–Kier alpha value is 0.177. The fraction of sp³-hybridized carbons (Fsp3) is 1.00. The largest absolute Gasteiger partial charge is 0.414 e. The van der Waals surface area contributed by atoms with Crippen LogP contribution in [0.2, 0.25) is 18.6 Å². The summed E-state index contributed by atoms with van der Waals surface area (Å²) in [5.41, 5.74) is 0.718. The minimum atomic E-state index is -1.47. The van der Waals surface area contributed by atoms with Gasteiger partial charge >= 0.3 is 0 Å². The van der Waals surface area contributed by atoms with E-state index in [1.165, 1.54) is 70.6 Å². The molecule has 0 amide bonds. The molecule has 0 spiro atoms. The SMILES string of the molecule is CCCCCCCCCCC(CCC)O[Si](C)(C)C(C)C. The monoisotopic (exact) mass is 314 g/mol. The van der Waals surface area contributed by atoms with Crippen molar-refractivity contribution in [3.8, 4) is 0 Å². The predicted molar refractivity (Wildman–Crippen MR) is 99.6 cm³/mol. The molecule has 0 saturated carbocycles. The van der Waals surface area contributed by atoms with Crippen molar-refractivity contribution < 1.29 is 4.43 Å². The first-order chi connectivity index (χ1) is 9.94. The van der Waals surface area contributed by atoms with Crippen LogP contribution in [0, 0.1) is 0 Å². The number of hydrogen-bond donors (Lipinski definition) is 0. The van der Waals surface area contributed by atoms with Gasteiger partial charge in [-0.1, -0.05) is 85.5 Å². The maximum Gasteiger partial charge on any atom is 0.189 e. The van der Waals surface area contributed by atoms with Crippen LogP contribution in [-0.4, -0.2) is 14.4 Å². The average molecular weight is 315 g/mol. The molecule has 0 N–H and O–H groups in total. The first-order valence-corrected chi connectivity index (χ1v) is 12.6. The second kappa shape index (κ2) is 12.7. The van der Waals surface area contributed by atoms with E-state index in [1.807, 2.05) is 0 Å². The van der Waals surface area contributed by atoms with Crippen molar-refractivity contribution in [1.82, 2.24) is 0 Å². The maximum absolute atomic E-state index is 6.54. The Morgan fingerprint density at radius 1 is 0.714 bits per heavy atom. The third-order valence-corrected chi connectivity index (χ3v) is 8.57. The predicted octanol–water partition coefficient (Wildman–Crippen LogP) is 7.32. The summed E-state index contributed by atoms with van der Waals surface area (Å²) < 4.78 is 6.54. The number of unbranched alkanes of at least 4 members (excludes halogenated alkanes) is 7. The van der Waals surface area contributed by atoms with E-state index in [-0.39, 0.29) is 0 Å². The molecule has 0 heterocycles. The zero-order valence-corrected chi connectivity index (χ0v) is 16.8. The van der Waals surface area contributed by atoms with Gasteiger partial charge in [-0.2, -0.15) is 0 Å². The molecule has 0 aromatic carbocycles. The highest BCUT2D eigenvalue weighted by molar-refractivity contribution is 6.72. The van der Waals surface area contributed by atoms with Gasteiger partial charge in [0.1, 0.15) is 0 Å². The van der Waals surface area contributed by atoms with Gasteiger partial charge in [-0.25, -0.2) is 0 Å². The first kappa shape index (κ1) is 21.2. The topological polar surface area (TPSA) is 9.23 Å². The van der Waals surface area contributed by atoms with Crippen LogP contribution in [0.5, 0.6) is 0 Å². The van der Waals surface area contributed by atoms with Crippen molar-refractivity contribution in [2.24, 2.45) is 0 Å². The van der Waals surface area contributed by atoms with Crippen LogP contribution in [-0.2, 0) is 4.43 Å². The molecule has 1 unspecified atom stereocenters. The van der Waals surface area contributed by atoms with Crippen LogP contribution in [0.4, 0.5) is 0 Å². The van der Waals surface area contributed by atoms with Gasteiger partial charge in [0.05, 0.1) is 0 Å². The summed E-state index contributed by atoms with van der Waals surface area (Å²) in [5.74, 6) is 0. The van der Waals surface area contributed by atoms with Crippen LogP contribution in [0.3, 0.4) is 0 Å². The molecule has 0 rings (SSSR count). The van der Waals surface area contributed by atoms with E-state index in [0.29, 0.717) is 6.10 Å². The molecule has 0 aliphatic heterocycles. The molecule has 21 heavy (non-hydrogen) atoms. The Bertz CT molecular complexity index is 226. The van der Waals surface area contributed by atoms with Crippen molar-refractivity contribution in [1.29, 1.82) is 0 Å². The van der Waals surface area contributed by atoms with Crippen LogP contribution in [0.15, 0.2) is 0 Å². The standard InChI is InChI=1S/C19H42OSi/c1-7-9-10-11-12-13-14-15-17-19(16-8-2)20-21(5,6)18(3)4/h18-19H,7-17H2,1-6H3. The molecule has 0 radical (unpaired) electrons. The maximum atomic E-state index is 6.54. The molecule has 1 atom stereocenters. The lowest BCUT2D eigenvalue weighted by Gasteiger charge is -2.32. The summed E-state index contributed by atoms with van der Waals surface area (Å²) in [6.07, 6.45) is 15.6. The summed E-state index contributed by atoms with van der Waals surface area (Å²) in [6.45, 7) is 14.0. The highest BCUT2D eigenvalue weighted by Gasteiger charge is 2.29. The second-order valence-corrected chi connectivity index (χ2v) is 12.1. The van der Waals surface area contributed by atoms with Crippen molar-refractivity contribution in [3.63, 3.8) is 0 Å². The van der Waals surface area contributed by atoms with Gasteiger partial charge in [0.25, 0.3) is 0 Å². The van der Waals surface area contributed by atoms with E-state index in [9.17, 15) is 0 Å². The molecule has 0 aliphatic rings. The fourth-order valence-electron chi connectivity index (χ4n) is 2.66. The minimum absolute atomic E-state index is 0.527. The van der Waals surface area contributed by atoms with Gasteiger partial charge in [-0.3, -0.25) is 0 Å². The lowest BCUT2D eigenvalue weighted by atomic mass is 10.0. The van der Waals surface area contributed by atoms with E-state index in [1.54, 1.807) is 0 Å². The van der Waals surface area contributed by atoms with Gasteiger partial charge in [-0.05, 0) is 31.5 Å². The Morgan fingerprint density at radius 2 is 1.24 bits per heavy atom. The summed E-state index contributed by atoms with van der Waals surface area (Å²) in [7, 11) is -1.47. The second-order valence-electron chi connectivity index (χ2n) is 7.55. The molecule has 0 saturated heterocycles. The lowest BCUT2D eigenvalue weighted by molar-refractivity contribution is 0.163. The van der Waals surface area contributed by atoms with E-state index in [0.717, 1.165) is 5.54 Å². The van der Waals surface area contributed by atoms with Crippen molar-refractivity contribution in [2.45, 2.75) is 123 Å². The van der Waals surface area contributed by atoms with Crippen molar-refractivity contribution in [3.05, 3.63) is 0 Å². The van der Waals surface area contributed by atoms with Gasteiger partial charge in [0.2, 0.25) is 0 Å². The van der Waals surface area contributed by atoms with Gasteiger partial charge in [0, 0.05) is 6.10 Å². The number of rotatable bonds is 14. The van der Waals surface area contributed by atoms with Crippen LogP contribution < -0.4 is 0 Å². The van der Waals surface area contributed by atoms with Crippen molar-refractivity contribution >= 4 is 8.32 Å². The highest BCUT2D eigenvalue weighted by atomic mass is 28.4. The summed E-state index contributed by atoms with van der Waals surface area (Å²) in [6, 6.07) is 0. The van der Waals surface area contributed by atoms with Gasteiger partial charge < -0.3 is 4.43 Å². The van der Waals surface area contributed by atoms with Crippen molar-refractivity contribution in [2.75, 3.05) is 0 Å². The van der Waals surface area contributed by atoms with Crippen LogP contribution in [0.1, 0.15) is 98.3 Å². The highest BCUT2D eigenvalue weighted by Crippen LogP contribution is 2.26. The minimum Gasteiger partial charge on any atom is -0.414 e. The van der Waals surface area contributed by atoms with E-state index < -0.39 is 8.32 Å². The van der Waals surface area contributed by atoms with Crippen LogP contribution >= 0.6 is 0 Å². The number of hydrogen-bond acceptors (Lipinski definition) is 1. The molecule has 0 aromatic heterocycles. The molecule has 2 heteroatoms. The van der Waals surface area contributed by atoms with E-state index in [4.69, 9.17) is 4.43 Å². The molecule has 0 bridgehead atoms. The summed E-state index contributed by atoms with van der Waals surface area (Å²) in [4.78, 5) is 0. The van der Waals surface area contributed by atoms with E-state index in [2.05, 4.69) is 40.8 Å². The van der Waals surface area contributed by atoms with Gasteiger partial charge in [0.15, 0.2) is 8.32 Å². The van der Waals surface area contributed by atoms with E-state index >= 15 is 0 Å². The Kier molecular flexibility index (Phi) is 12.8. The fourth-order valence-corrected chi connectivity index (χ4v) is 4.02. The zero-order valence-electron chi connectivity index (χ0n) is 15.8. The lowest BCUT2D eigenvalue weighted by Crippen LogP contribution is -2.38. The summed E-state index contributed by atoms with van der Waals surface area (Å²) in [5, 5.41) is 0. The molecule has 128 valence electrons. The third-order valence-electron chi connectivity index (χ3n) is 4.85. The molecule has 1 nitrogen and oxygen atoms in total. The third kappa shape index (κ3) is 11.4. The molecular formula is C19H42OSi. The molecule has 0 fully saturated rings. The van der Waals surface area contributed by atoms with Crippen LogP contribution in [0.25, 0.3) is 0 Å². The normalized spacial score (nSPS) is 13.9. The first-order valence-electron chi connectivity index (χ1n) is 9.61. The average Bonchev–Trinajstić information content (AvgIpc) is 2.41. The smallest absolute Gasteiger partial charge is 0.189 e. The molecule has 0 aromatic rings.